The molecule has 1 aliphatic rings. The molecule has 22 heavy (non-hydrogen) atoms. The minimum Gasteiger partial charge on any atom is -0.466 e. The standard InChI is InChI=1S/C15H15ClN2O3S/c1-8-6-11(9(2)21-8)15(3)13(19)18(14(20)17-15)7-10-4-5-12(16)22-10/h4-6H,7H2,1-3H3,(H,17,20). The van der Waals surface area contributed by atoms with E-state index in [1.165, 1.54) is 16.2 Å². The lowest BCUT2D eigenvalue weighted by atomic mass is 9.92. The van der Waals surface area contributed by atoms with Gasteiger partial charge in [0.2, 0.25) is 0 Å². The van der Waals surface area contributed by atoms with Crippen molar-refractivity contribution in [3.05, 3.63) is 44.5 Å². The first-order chi connectivity index (χ1) is 10.3. The number of furan rings is 1. The van der Waals surface area contributed by atoms with Crippen LogP contribution in [0.1, 0.15) is 28.9 Å². The smallest absolute Gasteiger partial charge is 0.325 e. The van der Waals surface area contributed by atoms with E-state index in [0.29, 0.717) is 21.4 Å². The summed E-state index contributed by atoms with van der Waals surface area (Å²) in [7, 11) is 0. The Morgan fingerprint density at radius 1 is 1.36 bits per heavy atom. The summed E-state index contributed by atoms with van der Waals surface area (Å²) < 4.78 is 6.13. The largest absolute Gasteiger partial charge is 0.466 e. The molecule has 116 valence electrons. The predicted molar refractivity (Wildman–Crippen MR) is 83.9 cm³/mol. The molecule has 0 spiro atoms. The fourth-order valence-electron chi connectivity index (χ4n) is 2.74. The first-order valence-electron chi connectivity index (χ1n) is 6.77. The van der Waals surface area contributed by atoms with E-state index in [2.05, 4.69) is 5.32 Å². The Balaban J connectivity index is 1.92. The maximum atomic E-state index is 12.8. The van der Waals surface area contributed by atoms with Crippen LogP contribution < -0.4 is 5.32 Å². The van der Waals surface area contributed by atoms with Crippen LogP contribution in [0.5, 0.6) is 0 Å². The molecular formula is C15H15ClN2O3S. The summed E-state index contributed by atoms with van der Waals surface area (Å²) in [6.45, 7) is 5.51. The van der Waals surface area contributed by atoms with Gasteiger partial charge in [-0.1, -0.05) is 11.6 Å². The van der Waals surface area contributed by atoms with E-state index in [1.54, 1.807) is 26.0 Å². The summed E-state index contributed by atoms with van der Waals surface area (Å²) in [5.74, 6) is 1.06. The lowest BCUT2D eigenvalue weighted by Gasteiger charge is -2.21. The van der Waals surface area contributed by atoms with Gasteiger partial charge in [-0.05, 0) is 39.0 Å². The van der Waals surface area contributed by atoms with Crippen molar-refractivity contribution >= 4 is 34.9 Å². The number of urea groups is 1. The molecule has 1 fully saturated rings. The second-order valence-electron chi connectivity index (χ2n) is 5.48. The number of rotatable bonds is 3. The molecule has 1 atom stereocenters. The van der Waals surface area contributed by atoms with Crippen molar-refractivity contribution in [3.63, 3.8) is 0 Å². The summed E-state index contributed by atoms with van der Waals surface area (Å²) in [5, 5.41) is 2.78. The molecule has 1 N–H and O–H groups in total. The van der Waals surface area contributed by atoms with Crippen molar-refractivity contribution < 1.29 is 14.0 Å². The normalized spacial score (nSPS) is 21.5. The molecule has 3 amide bonds. The van der Waals surface area contributed by atoms with Gasteiger partial charge >= 0.3 is 6.03 Å². The Labute approximate surface area is 136 Å². The van der Waals surface area contributed by atoms with Crippen molar-refractivity contribution in [2.24, 2.45) is 0 Å². The van der Waals surface area contributed by atoms with Gasteiger partial charge in [0.1, 0.15) is 17.1 Å². The van der Waals surface area contributed by atoms with Gasteiger partial charge in [0.25, 0.3) is 5.91 Å². The molecule has 2 aromatic rings. The highest BCUT2D eigenvalue weighted by atomic mass is 35.5. The molecule has 1 saturated heterocycles. The SMILES string of the molecule is Cc1cc(C2(C)NC(=O)N(Cc3ccc(Cl)s3)C2=O)c(C)o1. The van der Waals surface area contributed by atoms with Gasteiger partial charge in [-0.3, -0.25) is 9.69 Å². The number of hydrogen-bond donors (Lipinski definition) is 1. The lowest BCUT2D eigenvalue weighted by Crippen LogP contribution is -2.41. The first kappa shape index (κ1) is 15.1. The molecule has 0 saturated carbocycles. The number of aryl methyl sites for hydroxylation is 2. The van der Waals surface area contributed by atoms with Gasteiger partial charge in [-0.25, -0.2) is 4.79 Å². The van der Waals surface area contributed by atoms with Crippen LogP contribution in [-0.4, -0.2) is 16.8 Å². The molecule has 0 aliphatic carbocycles. The minimum absolute atomic E-state index is 0.216. The van der Waals surface area contributed by atoms with Crippen LogP contribution in [0, 0.1) is 13.8 Å². The summed E-state index contributed by atoms with van der Waals surface area (Å²) in [6, 6.07) is 4.95. The molecule has 3 rings (SSSR count). The highest BCUT2D eigenvalue weighted by molar-refractivity contribution is 7.16. The monoisotopic (exact) mass is 338 g/mol. The third-order valence-electron chi connectivity index (χ3n) is 3.80. The van der Waals surface area contributed by atoms with Gasteiger partial charge in [0.05, 0.1) is 10.9 Å². The van der Waals surface area contributed by atoms with Crippen LogP contribution in [0.3, 0.4) is 0 Å². The third-order valence-corrected chi connectivity index (χ3v) is 5.01. The molecule has 7 heteroatoms. The highest BCUT2D eigenvalue weighted by Crippen LogP contribution is 2.34. The summed E-state index contributed by atoms with van der Waals surface area (Å²) in [5.41, 5.74) is -0.407. The van der Waals surface area contributed by atoms with E-state index in [-0.39, 0.29) is 12.5 Å². The molecule has 0 radical (unpaired) electrons. The number of carbonyl (C=O) groups is 2. The maximum Gasteiger partial charge on any atom is 0.325 e. The van der Waals surface area contributed by atoms with E-state index >= 15 is 0 Å². The summed E-state index contributed by atoms with van der Waals surface area (Å²) in [4.78, 5) is 27.1. The van der Waals surface area contributed by atoms with Gasteiger partial charge in [0.15, 0.2) is 0 Å². The number of amides is 3. The average molecular weight is 339 g/mol. The molecule has 5 nitrogen and oxygen atoms in total. The van der Waals surface area contributed by atoms with Crippen LogP contribution in [0.4, 0.5) is 4.79 Å². The topological polar surface area (TPSA) is 62.6 Å². The van der Waals surface area contributed by atoms with Crippen molar-refractivity contribution in [3.8, 4) is 0 Å². The average Bonchev–Trinajstić information content (AvgIpc) is 3.05. The lowest BCUT2D eigenvalue weighted by molar-refractivity contribution is -0.131. The fourth-order valence-corrected chi connectivity index (χ4v) is 3.82. The Morgan fingerprint density at radius 3 is 2.64 bits per heavy atom. The predicted octanol–water partition coefficient (Wildman–Crippen LogP) is 3.58. The number of hydrogen-bond acceptors (Lipinski definition) is 4. The molecular weight excluding hydrogens is 324 g/mol. The van der Waals surface area contributed by atoms with Crippen LogP contribution in [-0.2, 0) is 16.9 Å². The second kappa shape index (κ2) is 5.14. The summed E-state index contributed by atoms with van der Waals surface area (Å²) in [6.07, 6.45) is 0. The van der Waals surface area contributed by atoms with Gasteiger partial charge in [-0.2, -0.15) is 0 Å². The van der Waals surface area contributed by atoms with Crippen molar-refractivity contribution in [2.75, 3.05) is 0 Å². The van der Waals surface area contributed by atoms with E-state index in [9.17, 15) is 9.59 Å². The number of nitrogens with zero attached hydrogens (tertiary/aromatic N) is 1. The number of carbonyl (C=O) groups excluding carboxylic acids is 2. The number of imide groups is 1. The Hall–Kier alpha value is -1.79. The molecule has 3 heterocycles. The highest BCUT2D eigenvalue weighted by Gasteiger charge is 2.50. The fraction of sp³-hybridized carbons (Fsp3) is 0.333. The van der Waals surface area contributed by atoms with Crippen LogP contribution in [0.25, 0.3) is 0 Å². The summed E-state index contributed by atoms with van der Waals surface area (Å²) >= 11 is 7.25. The maximum absolute atomic E-state index is 12.8. The number of thiophene rings is 1. The van der Waals surface area contributed by atoms with E-state index in [0.717, 1.165) is 4.88 Å². The van der Waals surface area contributed by atoms with Crippen LogP contribution in [0.2, 0.25) is 4.34 Å². The zero-order valence-electron chi connectivity index (χ0n) is 12.4. The van der Waals surface area contributed by atoms with E-state index in [4.69, 9.17) is 16.0 Å². The Kier molecular flexibility index (Phi) is 3.53. The van der Waals surface area contributed by atoms with E-state index < -0.39 is 11.6 Å². The molecule has 2 aromatic heterocycles. The molecule has 1 aliphatic heterocycles. The van der Waals surface area contributed by atoms with Gasteiger partial charge in [-0.15, -0.1) is 11.3 Å². The zero-order chi connectivity index (χ0) is 16.1. The Bertz CT molecular complexity index is 767. The quantitative estimate of drug-likeness (QED) is 0.870. The van der Waals surface area contributed by atoms with Crippen molar-refractivity contribution in [1.29, 1.82) is 0 Å². The number of halogens is 1. The molecule has 1 unspecified atom stereocenters. The van der Waals surface area contributed by atoms with Crippen LogP contribution in [0.15, 0.2) is 22.6 Å². The second-order valence-corrected chi connectivity index (χ2v) is 7.28. The van der Waals surface area contributed by atoms with Crippen molar-refractivity contribution in [2.45, 2.75) is 32.9 Å². The zero-order valence-corrected chi connectivity index (χ0v) is 14.0. The Morgan fingerprint density at radius 2 is 2.09 bits per heavy atom. The van der Waals surface area contributed by atoms with Crippen LogP contribution >= 0.6 is 22.9 Å². The van der Waals surface area contributed by atoms with E-state index in [1.807, 2.05) is 13.0 Å². The molecule has 0 bridgehead atoms. The van der Waals surface area contributed by atoms with Gasteiger partial charge < -0.3 is 9.73 Å². The minimum atomic E-state index is -1.10. The first-order valence-corrected chi connectivity index (χ1v) is 7.96. The molecule has 0 aromatic carbocycles. The van der Waals surface area contributed by atoms with Crippen molar-refractivity contribution in [1.82, 2.24) is 10.2 Å². The van der Waals surface area contributed by atoms with Gasteiger partial charge in [0, 0.05) is 10.4 Å². The number of nitrogens with one attached hydrogen (secondary N) is 1. The third kappa shape index (κ3) is 2.32.